The number of nitrogens with zero attached hydrogens (tertiary/aromatic N) is 8. The highest BCUT2D eigenvalue weighted by atomic mass is 19.1. The molecule has 0 bridgehead atoms. The van der Waals surface area contributed by atoms with Gasteiger partial charge in [-0.15, -0.1) is 0 Å². The van der Waals surface area contributed by atoms with Crippen molar-refractivity contribution in [1.29, 1.82) is 0 Å². The summed E-state index contributed by atoms with van der Waals surface area (Å²) in [6.07, 6.45) is 2.42. The zero-order valence-electron chi connectivity index (χ0n) is 22.7. The van der Waals surface area contributed by atoms with Crippen molar-refractivity contribution in [1.82, 2.24) is 40.0 Å². The predicted octanol–water partition coefficient (Wildman–Crippen LogP) is -0.0218. The van der Waals surface area contributed by atoms with Gasteiger partial charge in [-0.1, -0.05) is 6.07 Å². The summed E-state index contributed by atoms with van der Waals surface area (Å²) in [4.78, 5) is 41.3. The van der Waals surface area contributed by atoms with E-state index in [9.17, 15) is 23.9 Å². The van der Waals surface area contributed by atoms with Crippen LogP contribution in [-0.4, -0.2) is 95.1 Å². The van der Waals surface area contributed by atoms with Crippen molar-refractivity contribution in [3.05, 3.63) is 54.6 Å². The van der Waals surface area contributed by atoms with Gasteiger partial charge in [0.05, 0.1) is 30.5 Å². The highest BCUT2D eigenvalue weighted by Gasteiger charge is 2.43. The van der Waals surface area contributed by atoms with E-state index in [1.165, 1.54) is 14.5 Å². The molecule has 6 rings (SSSR count). The molecule has 0 aliphatic carbocycles. The Morgan fingerprint density at radius 1 is 1.19 bits per heavy atom. The molecule has 2 saturated heterocycles. The predicted molar refractivity (Wildman–Crippen MR) is 147 cm³/mol. The van der Waals surface area contributed by atoms with E-state index in [-0.39, 0.29) is 31.1 Å². The van der Waals surface area contributed by atoms with Crippen LogP contribution >= 0.6 is 0 Å². The van der Waals surface area contributed by atoms with Crippen molar-refractivity contribution in [2.75, 3.05) is 18.0 Å². The number of benzene rings is 1. The van der Waals surface area contributed by atoms with Crippen molar-refractivity contribution in [3.63, 3.8) is 0 Å². The maximum absolute atomic E-state index is 14.6. The molecular weight excluding hydrogens is 547 g/mol. The van der Waals surface area contributed by atoms with Crippen LogP contribution in [0.25, 0.3) is 22.0 Å². The number of rotatable bonds is 8. The Balaban J connectivity index is 1.19. The first kappa shape index (κ1) is 27.4. The lowest BCUT2D eigenvalue weighted by Crippen LogP contribution is -2.52. The fourth-order valence-corrected chi connectivity index (χ4v) is 5.65. The molecule has 14 nitrogen and oxygen atoms in total. The lowest BCUT2D eigenvalue weighted by molar-refractivity contribution is -0.133. The summed E-state index contributed by atoms with van der Waals surface area (Å²) in [6, 6.07) is 7.00. The number of aromatic nitrogens is 6. The minimum absolute atomic E-state index is 0.0114. The van der Waals surface area contributed by atoms with Crippen LogP contribution in [-0.2, 0) is 23.2 Å². The van der Waals surface area contributed by atoms with E-state index >= 15 is 0 Å². The van der Waals surface area contributed by atoms with Gasteiger partial charge in [0.15, 0.2) is 11.5 Å². The molecule has 2 aliphatic rings. The molecule has 1 aromatic carbocycles. The summed E-state index contributed by atoms with van der Waals surface area (Å²) in [7, 11) is 1.75. The third-order valence-corrected chi connectivity index (χ3v) is 7.71. The van der Waals surface area contributed by atoms with Crippen molar-refractivity contribution in [2.45, 2.75) is 43.9 Å². The molecule has 0 spiro atoms. The van der Waals surface area contributed by atoms with Gasteiger partial charge < -0.3 is 16.2 Å². The molecule has 0 radical (unpaired) electrons. The smallest absolute Gasteiger partial charge is 0.269 e. The molecule has 4 atom stereocenters. The number of nitrogens with two attached hydrogens (primary N) is 1. The van der Waals surface area contributed by atoms with Crippen LogP contribution < -0.4 is 16.0 Å². The lowest BCUT2D eigenvalue weighted by Gasteiger charge is -2.29. The second-order valence-electron chi connectivity index (χ2n) is 10.5. The largest absolute Gasteiger partial charge is 0.376 e. The molecule has 5 heterocycles. The van der Waals surface area contributed by atoms with E-state index in [0.717, 1.165) is 11.1 Å². The third-order valence-electron chi connectivity index (χ3n) is 7.71. The normalized spacial score (nSPS) is 21.7. The number of carbonyl (C=O) groups is 3. The van der Waals surface area contributed by atoms with Crippen LogP contribution in [0.2, 0.25) is 0 Å². The van der Waals surface area contributed by atoms with E-state index in [2.05, 4.69) is 25.7 Å². The molecule has 3 aromatic heterocycles. The number of nitrogens with one attached hydrogen (secondary N) is 1. The van der Waals surface area contributed by atoms with Crippen molar-refractivity contribution in [2.24, 2.45) is 12.8 Å². The zero-order valence-corrected chi connectivity index (χ0v) is 22.7. The topological polar surface area (TPSA) is 177 Å². The van der Waals surface area contributed by atoms with Crippen molar-refractivity contribution >= 4 is 34.4 Å². The molecule has 4 N–H and O–H groups in total. The number of alkyl halides is 1. The van der Waals surface area contributed by atoms with Gasteiger partial charge in [-0.2, -0.15) is 20.4 Å². The number of likely N-dealkylation sites (tertiary alicyclic amines) is 1. The maximum Gasteiger partial charge on any atom is 0.269 e. The van der Waals surface area contributed by atoms with Crippen LogP contribution in [0.15, 0.2) is 48.9 Å². The van der Waals surface area contributed by atoms with Gasteiger partial charge in [0.25, 0.3) is 11.8 Å². The Kier molecular flexibility index (Phi) is 7.12. The van der Waals surface area contributed by atoms with Gasteiger partial charge in [0, 0.05) is 49.8 Å². The van der Waals surface area contributed by atoms with Crippen LogP contribution in [0.1, 0.15) is 23.3 Å². The summed E-state index contributed by atoms with van der Waals surface area (Å²) in [5, 5.41) is 30.6. The van der Waals surface area contributed by atoms with Crippen molar-refractivity contribution < 1.29 is 23.9 Å². The number of halogens is 1. The summed E-state index contributed by atoms with van der Waals surface area (Å²) >= 11 is 0. The Bertz CT molecular complexity index is 1660. The quantitative estimate of drug-likeness (QED) is 0.260. The highest BCUT2D eigenvalue weighted by molar-refractivity contribution is 6.05. The van der Waals surface area contributed by atoms with Gasteiger partial charge >= 0.3 is 0 Å². The molecule has 218 valence electrons. The monoisotopic (exact) mass is 576 g/mol. The van der Waals surface area contributed by atoms with Crippen LogP contribution in [0.3, 0.4) is 0 Å². The van der Waals surface area contributed by atoms with Gasteiger partial charge in [0.2, 0.25) is 5.91 Å². The van der Waals surface area contributed by atoms with E-state index in [0.29, 0.717) is 29.7 Å². The van der Waals surface area contributed by atoms with E-state index in [4.69, 9.17) is 5.73 Å². The number of primary amides is 1. The molecule has 2 aliphatic heterocycles. The number of carbonyl (C=O) groups excluding carboxylic acids is 3. The molecule has 15 heteroatoms. The number of aliphatic hydroxyl groups is 1. The first-order valence-electron chi connectivity index (χ1n) is 13.5. The minimum atomic E-state index is -1.35. The molecular formula is C27H29FN10O4. The average Bonchev–Trinajstić information content (AvgIpc) is 3.75. The molecule has 0 saturated carbocycles. The van der Waals surface area contributed by atoms with Gasteiger partial charge in [-0.25, -0.2) is 4.39 Å². The molecule has 3 amide bonds. The number of hydrogen-bond donors (Lipinski definition) is 3. The maximum atomic E-state index is 14.6. The second-order valence-corrected chi connectivity index (χ2v) is 10.5. The van der Waals surface area contributed by atoms with Gasteiger partial charge in [0.1, 0.15) is 18.4 Å². The Labute approximate surface area is 238 Å². The molecule has 4 aromatic rings. The summed E-state index contributed by atoms with van der Waals surface area (Å²) in [5.41, 5.74) is 7.68. The Morgan fingerprint density at radius 2 is 2.02 bits per heavy atom. The lowest BCUT2D eigenvalue weighted by atomic mass is 10.0. The fraction of sp³-hybridized carbons (Fsp3) is 0.370. The number of hydrogen-bond acceptors (Lipinski definition) is 9. The Hall–Kier alpha value is -4.76. The highest BCUT2D eigenvalue weighted by Crippen LogP contribution is 2.28. The summed E-state index contributed by atoms with van der Waals surface area (Å²) < 4.78 is 17.6. The summed E-state index contributed by atoms with van der Waals surface area (Å²) in [5.74, 6) is -1.10. The number of aryl methyl sites for hydroxylation is 1. The average molecular weight is 577 g/mol. The SMILES string of the molecule is Cn1ccc(N2CCC(NC(=O)[C@@H]3C[C@@H](F)CN3C(O)Cn3nc(C(N)=O)c4cc(-c5ccnnc5)ccc43)C2=O)n1. The Morgan fingerprint density at radius 3 is 2.74 bits per heavy atom. The van der Waals surface area contributed by atoms with Crippen LogP contribution in [0.4, 0.5) is 10.2 Å². The standard InChI is InChI=1S/C27H29FN10O4/c1-35-8-6-22(33-35)36-9-5-19(27(36)42)32-26(41)21-11-17(28)13-37(21)23(39)14-38-20-3-2-15(16-4-7-30-31-12-16)10-18(20)24(34-38)25(29)40/h2-4,6-8,10,12,17,19,21,23,39H,5,9,11,13-14H2,1H3,(H2,29,40)(H,32,41)/t17-,19?,21+,23?/m1/s1. The van der Waals surface area contributed by atoms with E-state index in [1.807, 2.05) is 6.07 Å². The van der Waals surface area contributed by atoms with Crippen LogP contribution in [0.5, 0.6) is 0 Å². The number of fused-ring (bicyclic) bond motifs is 1. The van der Waals surface area contributed by atoms with Crippen molar-refractivity contribution in [3.8, 4) is 11.1 Å². The third kappa shape index (κ3) is 5.07. The van der Waals surface area contributed by atoms with E-state index in [1.54, 1.807) is 54.6 Å². The van der Waals surface area contributed by atoms with E-state index < -0.39 is 36.3 Å². The van der Waals surface area contributed by atoms with Gasteiger partial charge in [-0.05, 0) is 30.2 Å². The molecule has 42 heavy (non-hydrogen) atoms. The fourth-order valence-electron chi connectivity index (χ4n) is 5.65. The second kappa shape index (κ2) is 10.9. The zero-order chi connectivity index (χ0) is 29.5. The van der Waals surface area contributed by atoms with Gasteiger partial charge in [-0.3, -0.25) is 33.5 Å². The minimum Gasteiger partial charge on any atom is -0.376 e. The number of amides is 3. The molecule has 2 unspecified atom stereocenters. The first-order chi connectivity index (χ1) is 20.2. The first-order valence-corrected chi connectivity index (χ1v) is 13.5. The molecule has 2 fully saturated rings. The van der Waals surface area contributed by atoms with Crippen LogP contribution in [0, 0.1) is 0 Å². The summed E-state index contributed by atoms with van der Waals surface area (Å²) in [6.45, 7) is 0.0444. The number of aliphatic hydroxyl groups excluding tert-OH is 1. The number of anilines is 1.